The molecule has 0 amide bonds. The minimum absolute atomic E-state index is 0. The van der Waals surface area contributed by atoms with Crippen molar-refractivity contribution in [1.82, 2.24) is 0 Å². The molecule has 0 saturated carbocycles. The summed E-state index contributed by atoms with van der Waals surface area (Å²) in [5.74, 6) is 0. The van der Waals surface area contributed by atoms with Gasteiger partial charge in [0.25, 0.3) is 0 Å². The lowest BCUT2D eigenvalue weighted by atomic mass is 10.3. The second kappa shape index (κ2) is 6.24. The molecule has 0 rings (SSSR count). The standard InChI is InChI=1S/C7H18N.BF4/c1-5-8(4,6-2)7-3;2-1(3,4)5/h5-7H2,1-4H3;/q+1;-1/p+1. The molecule has 82 valence electrons. The molecule has 0 heterocycles. The summed E-state index contributed by atoms with van der Waals surface area (Å²) >= 11 is 0. The Labute approximate surface area is 78.9 Å². The van der Waals surface area contributed by atoms with Gasteiger partial charge in [0.05, 0.1) is 26.7 Å². The van der Waals surface area contributed by atoms with E-state index < -0.39 is 7.25 Å². The largest absolute Gasteiger partial charge is 1.00 e. The van der Waals surface area contributed by atoms with Crippen molar-refractivity contribution in [2.75, 3.05) is 26.7 Å². The Morgan fingerprint density at radius 1 is 0.923 bits per heavy atom. The maximum Gasteiger partial charge on any atom is 1.00 e. The molecule has 0 fully saturated rings. The molecule has 0 atom stereocenters. The fraction of sp³-hybridized carbons (Fsp3) is 1.00. The fourth-order valence-electron chi connectivity index (χ4n) is 0.671. The summed E-state index contributed by atoms with van der Waals surface area (Å²) in [7, 11) is -3.71. The van der Waals surface area contributed by atoms with Gasteiger partial charge in [-0.05, 0) is 20.8 Å². The van der Waals surface area contributed by atoms with Gasteiger partial charge in [-0.2, -0.15) is 0 Å². The first-order valence-electron chi connectivity index (χ1n) is 4.39. The average Bonchev–Trinajstić information content (AvgIpc) is 2.00. The van der Waals surface area contributed by atoms with Gasteiger partial charge in [-0.25, -0.2) is 0 Å². The second-order valence-corrected chi connectivity index (χ2v) is 3.06. The van der Waals surface area contributed by atoms with Crippen LogP contribution in [0.5, 0.6) is 0 Å². The molecule has 0 radical (unpaired) electrons. The summed E-state index contributed by atoms with van der Waals surface area (Å²) in [6.45, 7) is 10.5. The normalized spacial score (nSPS) is 12.0. The monoisotopic (exact) mass is 204 g/mol. The van der Waals surface area contributed by atoms with Crippen molar-refractivity contribution in [3.05, 3.63) is 0 Å². The van der Waals surface area contributed by atoms with Crippen molar-refractivity contribution < 1.29 is 23.2 Å². The quantitative estimate of drug-likeness (QED) is 0.376. The molecule has 0 aliphatic heterocycles. The van der Waals surface area contributed by atoms with E-state index in [9.17, 15) is 17.3 Å². The van der Waals surface area contributed by atoms with Crippen LogP contribution in [0.4, 0.5) is 17.3 Å². The van der Waals surface area contributed by atoms with Gasteiger partial charge < -0.3 is 21.7 Å². The highest BCUT2D eigenvalue weighted by atomic mass is 19.5. The SMILES string of the molecule is CC[N+](C)(CC)CC.F[B-](F)(F)F.[H+]. The smallest absolute Gasteiger partial charge is 0.418 e. The lowest BCUT2D eigenvalue weighted by molar-refractivity contribution is -0.904. The van der Waals surface area contributed by atoms with Crippen LogP contribution in [0, 0.1) is 0 Å². The molecule has 1 nitrogen and oxygen atoms in total. The minimum Gasteiger partial charge on any atom is -0.418 e. The van der Waals surface area contributed by atoms with Crippen LogP contribution in [0.15, 0.2) is 0 Å². The molecule has 0 N–H and O–H groups in total. The Bertz CT molecular complexity index is 113. The van der Waals surface area contributed by atoms with Gasteiger partial charge in [-0.3, -0.25) is 0 Å². The molecule has 0 aromatic heterocycles. The van der Waals surface area contributed by atoms with E-state index in [-0.39, 0.29) is 1.43 Å². The van der Waals surface area contributed by atoms with Crippen LogP contribution in [0.2, 0.25) is 0 Å². The molecule has 0 aliphatic rings. The van der Waals surface area contributed by atoms with Crippen molar-refractivity contribution in [2.24, 2.45) is 0 Å². The molecular formula is C7H19BF4N+. The van der Waals surface area contributed by atoms with Crippen molar-refractivity contribution in [2.45, 2.75) is 20.8 Å². The molecule has 0 bridgehead atoms. The third kappa shape index (κ3) is 14.6. The van der Waals surface area contributed by atoms with Crippen LogP contribution >= 0.6 is 0 Å². The van der Waals surface area contributed by atoms with Crippen LogP contribution in [-0.2, 0) is 0 Å². The van der Waals surface area contributed by atoms with Gasteiger partial charge in [0.15, 0.2) is 0 Å². The van der Waals surface area contributed by atoms with E-state index in [4.69, 9.17) is 0 Å². The summed E-state index contributed by atoms with van der Waals surface area (Å²) in [4.78, 5) is 0. The number of hydrogen-bond donors (Lipinski definition) is 0. The summed E-state index contributed by atoms with van der Waals surface area (Å²) in [6, 6.07) is 0. The highest BCUT2D eigenvalue weighted by Crippen LogP contribution is 2.06. The lowest BCUT2D eigenvalue weighted by Gasteiger charge is -2.30. The lowest BCUT2D eigenvalue weighted by Crippen LogP contribution is -2.42. The summed E-state index contributed by atoms with van der Waals surface area (Å²) < 4.78 is 40.2. The van der Waals surface area contributed by atoms with Crippen LogP contribution in [0.25, 0.3) is 0 Å². The Balaban J connectivity index is -0.000000177. The molecule has 0 saturated heterocycles. The summed E-state index contributed by atoms with van der Waals surface area (Å²) in [5, 5.41) is 0. The maximum atomic E-state index is 9.75. The number of quaternary nitrogens is 1. The highest BCUT2D eigenvalue weighted by Gasteiger charge is 2.20. The Hall–Kier alpha value is -0.255. The zero-order valence-electron chi connectivity index (χ0n) is 9.66. The van der Waals surface area contributed by atoms with Crippen molar-refractivity contribution in [3.8, 4) is 0 Å². The number of hydrogen-bond acceptors (Lipinski definition) is 0. The van der Waals surface area contributed by atoms with E-state index in [0.29, 0.717) is 0 Å². The van der Waals surface area contributed by atoms with E-state index in [0.717, 1.165) is 0 Å². The van der Waals surface area contributed by atoms with Crippen LogP contribution in [0.3, 0.4) is 0 Å². The molecule has 13 heavy (non-hydrogen) atoms. The van der Waals surface area contributed by atoms with E-state index in [2.05, 4.69) is 27.8 Å². The molecule has 6 heteroatoms. The topological polar surface area (TPSA) is 0 Å². The predicted molar refractivity (Wildman–Crippen MR) is 49.1 cm³/mol. The van der Waals surface area contributed by atoms with Crippen molar-refractivity contribution in [1.29, 1.82) is 0 Å². The van der Waals surface area contributed by atoms with Gasteiger partial charge in [0, 0.05) is 0 Å². The van der Waals surface area contributed by atoms with Gasteiger partial charge in [0.2, 0.25) is 0 Å². The molecule has 0 spiro atoms. The predicted octanol–water partition coefficient (Wildman–Crippen LogP) is 2.91. The zero-order valence-corrected chi connectivity index (χ0v) is 8.66. The Kier molecular flexibility index (Phi) is 7.31. The Morgan fingerprint density at radius 3 is 1.08 bits per heavy atom. The third-order valence-electron chi connectivity index (χ3n) is 2.29. The summed E-state index contributed by atoms with van der Waals surface area (Å²) in [5.41, 5.74) is 0. The van der Waals surface area contributed by atoms with E-state index in [1.165, 1.54) is 24.1 Å². The molecule has 0 aliphatic carbocycles. The van der Waals surface area contributed by atoms with E-state index in [1.807, 2.05) is 0 Å². The Morgan fingerprint density at radius 2 is 1.08 bits per heavy atom. The molecule has 0 unspecified atom stereocenters. The number of rotatable bonds is 3. The van der Waals surface area contributed by atoms with Crippen LogP contribution in [0.1, 0.15) is 22.2 Å². The van der Waals surface area contributed by atoms with Crippen LogP contribution < -0.4 is 0 Å². The van der Waals surface area contributed by atoms with Gasteiger partial charge >= 0.3 is 8.68 Å². The molecular weight excluding hydrogens is 185 g/mol. The van der Waals surface area contributed by atoms with Gasteiger partial charge in [-0.15, -0.1) is 0 Å². The van der Waals surface area contributed by atoms with Gasteiger partial charge in [0.1, 0.15) is 0 Å². The van der Waals surface area contributed by atoms with E-state index >= 15 is 0 Å². The first-order valence-corrected chi connectivity index (χ1v) is 4.39. The zero-order chi connectivity index (χ0) is 11.1. The fourth-order valence-corrected chi connectivity index (χ4v) is 0.671. The average molecular weight is 204 g/mol. The molecule has 0 aromatic carbocycles. The van der Waals surface area contributed by atoms with Crippen LogP contribution in [-0.4, -0.2) is 38.4 Å². The van der Waals surface area contributed by atoms with Gasteiger partial charge in [-0.1, -0.05) is 0 Å². The third-order valence-corrected chi connectivity index (χ3v) is 2.29. The number of nitrogens with zero attached hydrogens (tertiary/aromatic N) is 1. The van der Waals surface area contributed by atoms with E-state index in [1.54, 1.807) is 0 Å². The summed E-state index contributed by atoms with van der Waals surface area (Å²) in [6.07, 6.45) is 0. The maximum absolute atomic E-state index is 9.75. The highest BCUT2D eigenvalue weighted by molar-refractivity contribution is 6.50. The van der Waals surface area contributed by atoms with Crippen molar-refractivity contribution >= 4 is 7.25 Å². The van der Waals surface area contributed by atoms with Crippen molar-refractivity contribution in [3.63, 3.8) is 0 Å². The first-order chi connectivity index (χ1) is 5.68. The minimum atomic E-state index is -6.00. The number of halogens is 4. The first kappa shape index (κ1) is 15.2. The molecule has 0 aromatic rings. The second-order valence-electron chi connectivity index (χ2n) is 3.06.